The number of aryl methyl sites for hydroxylation is 1. The van der Waals surface area contributed by atoms with Crippen LogP contribution in [0.5, 0.6) is 0 Å². The van der Waals surface area contributed by atoms with Crippen molar-refractivity contribution in [3.63, 3.8) is 0 Å². The molecule has 0 aromatic carbocycles. The van der Waals surface area contributed by atoms with E-state index >= 15 is 0 Å². The Morgan fingerprint density at radius 3 is 3.22 bits per heavy atom. The summed E-state index contributed by atoms with van der Waals surface area (Å²) >= 11 is 3.39. The minimum Gasteiger partial charge on any atom is -0.377 e. The number of hydrogen-bond donors (Lipinski definition) is 1. The molecule has 3 rings (SSSR count). The van der Waals surface area contributed by atoms with Crippen molar-refractivity contribution in [1.82, 2.24) is 9.97 Å². The molecule has 2 aromatic rings. The second kappa shape index (κ2) is 5.03. The van der Waals surface area contributed by atoms with Crippen molar-refractivity contribution >= 4 is 39.3 Å². The van der Waals surface area contributed by atoms with E-state index in [1.54, 1.807) is 23.1 Å². The molecule has 2 aromatic heterocycles. The number of nitrogens with zero attached hydrogens (tertiary/aromatic N) is 2. The summed E-state index contributed by atoms with van der Waals surface area (Å²) in [5.74, 6) is 1.31. The first-order valence-corrected chi connectivity index (χ1v) is 7.80. The molecule has 0 aliphatic carbocycles. The van der Waals surface area contributed by atoms with Gasteiger partial charge in [-0.2, -0.15) is 0 Å². The summed E-state index contributed by atoms with van der Waals surface area (Å²) in [5.41, 5.74) is 5.76. The van der Waals surface area contributed by atoms with Crippen LogP contribution in [0.25, 0.3) is 10.2 Å². The van der Waals surface area contributed by atoms with Gasteiger partial charge in [0.2, 0.25) is 5.95 Å². The van der Waals surface area contributed by atoms with Crippen LogP contribution in [0.1, 0.15) is 17.7 Å². The number of thioether (sulfide) groups is 1. The fraction of sp³-hybridized carbons (Fsp3) is 0.500. The molecule has 0 spiro atoms. The summed E-state index contributed by atoms with van der Waals surface area (Å²) in [7, 11) is 0. The molecule has 96 valence electrons. The monoisotopic (exact) mass is 281 g/mol. The van der Waals surface area contributed by atoms with Crippen LogP contribution in [0.4, 0.5) is 5.95 Å². The summed E-state index contributed by atoms with van der Waals surface area (Å²) in [6.07, 6.45) is 2.68. The number of ether oxygens (including phenoxy) is 1. The van der Waals surface area contributed by atoms with E-state index in [9.17, 15) is 0 Å². The average molecular weight is 281 g/mol. The first kappa shape index (κ1) is 12.2. The van der Waals surface area contributed by atoms with E-state index in [-0.39, 0.29) is 0 Å². The fourth-order valence-electron chi connectivity index (χ4n) is 2.09. The molecule has 3 heterocycles. The van der Waals surface area contributed by atoms with Crippen molar-refractivity contribution in [1.29, 1.82) is 0 Å². The number of nitrogen functional groups attached to an aromatic ring is 1. The molecule has 0 bridgehead atoms. The molecule has 0 saturated carbocycles. The smallest absolute Gasteiger partial charge is 0.222 e. The molecule has 6 heteroatoms. The van der Waals surface area contributed by atoms with Gasteiger partial charge in [0.1, 0.15) is 9.86 Å². The molecule has 18 heavy (non-hydrogen) atoms. The molecule has 1 atom stereocenters. The van der Waals surface area contributed by atoms with Crippen molar-refractivity contribution in [2.75, 3.05) is 18.1 Å². The molecule has 0 radical (unpaired) electrons. The van der Waals surface area contributed by atoms with E-state index in [1.807, 2.05) is 0 Å². The Morgan fingerprint density at radius 2 is 2.44 bits per heavy atom. The molecule has 2 N–H and O–H groups in total. The van der Waals surface area contributed by atoms with Gasteiger partial charge in [0, 0.05) is 22.6 Å². The lowest BCUT2D eigenvalue weighted by molar-refractivity contribution is 0.129. The summed E-state index contributed by atoms with van der Waals surface area (Å²) in [6, 6.07) is 2.14. The maximum Gasteiger partial charge on any atom is 0.222 e. The zero-order chi connectivity index (χ0) is 12.5. The third kappa shape index (κ3) is 2.46. The molecule has 1 aliphatic rings. The van der Waals surface area contributed by atoms with Gasteiger partial charge in [-0.25, -0.2) is 9.97 Å². The molecule has 1 saturated heterocycles. The van der Waals surface area contributed by atoms with Crippen LogP contribution in [0.3, 0.4) is 0 Å². The van der Waals surface area contributed by atoms with Gasteiger partial charge in [-0.3, -0.25) is 0 Å². The Kier molecular flexibility index (Phi) is 3.41. The van der Waals surface area contributed by atoms with Crippen LogP contribution in [-0.2, 0) is 4.74 Å². The van der Waals surface area contributed by atoms with Gasteiger partial charge in [-0.15, -0.1) is 23.1 Å². The average Bonchev–Trinajstić information content (AvgIpc) is 2.93. The van der Waals surface area contributed by atoms with Crippen LogP contribution >= 0.6 is 23.1 Å². The third-order valence-corrected chi connectivity index (χ3v) is 5.00. The Hall–Kier alpha value is -0.850. The number of nitrogens with two attached hydrogens (primary N) is 1. The second-order valence-electron chi connectivity index (χ2n) is 4.41. The Labute approximate surface area is 114 Å². The van der Waals surface area contributed by atoms with E-state index in [1.165, 1.54) is 11.3 Å². The predicted octanol–water partition coefficient (Wildman–Crippen LogP) is 2.85. The molecule has 0 amide bonds. The molecular formula is C12H15N3OS2. The number of fused-ring (bicyclic) bond motifs is 1. The van der Waals surface area contributed by atoms with Crippen LogP contribution in [-0.4, -0.2) is 28.4 Å². The number of hydrogen-bond acceptors (Lipinski definition) is 6. The van der Waals surface area contributed by atoms with Gasteiger partial charge in [0.05, 0.1) is 6.10 Å². The number of thiophene rings is 1. The Balaban J connectivity index is 1.85. The van der Waals surface area contributed by atoms with Gasteiger partial charge in [-0.1, -0.05) is 0 Å². The highest BCUT2D eigenvalue weighted by atomic mass is 32.2. The number of anilines is 1. The van der Waals surface area contributed by atoms with E-state index in [2.05, 4.69) is 23.0 Å². The van der Waals surface area contributed by atoms with Gasteiger partial charge < -0.3 is 10.5 Å². The quantitative estimate of drug-likeness (QED) is 0.692. The number of aromatic nitrogens is 2. The molecular weight excluding hydrogens is 266 g/mol. The fourth-order valence-corrected chi connectivity index (χ4v) is 4.12. The van der Waals surface area contributed by atoms with Crippen LogP contribution < -0.4 is 5.73 Å². The lowest BCUT2D eigenvalue weighted by Gasteiger charge is -2.08. The zero-order valence-corrected chi connectivity index (χ0v) is 11.8. The lowest BCUT2D eigenvalue weighted by atomic mass is 10.3. The van der Waals surface area contributed by atoms with E-state index < -0.39 is 0 Å². The van der Waals surface area contributed by atoms with Crippen molar-refractivity contribution in [3.05, 3.63) is 10.9 Å². The van der Waals surface area contributed by atoms with E-state index in [4.69, 9.17) is 10.5 Å². The maximum atomic E-state index is 5.76. The first-order valence-electron chi connectivity index (χ1n) is 6.00. The summed E-state index contributed by atoms with van der Waals surface area (Å²) in [5, 5.41) is 2.10. The minimum atomic E-state index is 0.360. The second-order valence-corrected chi connectivity index (χ2v) is 6.65. The minimum absolute atomic E-state index is 0.360. The standard InChI is InChI=1S/C12H15N3OS2/c1-7-5-9-10(14-12(13)15-11(9)18-7)17-6-8-3-2-4-16-8/h5,8H,2-4,6H2,1H3,(H2,13,14,15). The van der Waals surface area contributed by atoms with Crippen molar-refractivity contribution in [3.8, 4) is 0 Å². The maximum absolute atomic E-state index is 5.76. The van der Waals surface area contributed by atoms with Crippen LogP contribution in [0.2, 0.25) is 0 Å². The van der Waals surface area contributed by atoms with Crippen molar-refractivity contribution < 1.29 is 4.74 Å². The summed E-state index contributed by atoms with van der Waals surface area (Å²) in [4.78, 5) is 10.9. The SMILES string of the molecule is Cc1cc2c(SCC3CCCO3)nc(N)nc2s1. The molecule has 1 unspecified atom stereocenters. The highest BCUT2D eigenvalue weighted by molar-refractivity contribution is 7.99. The van der Waals surface area contributed by atoms with Crippen LogP contribution in [0, 0.1) is 6.92 Å². The Morgan fingerprint density at radius 1 is 1.56 bits per heavy atom. The van der Waals surface area contributed by atoms with E-state index in [0.717, 1.165) is 34.0 Å². The normalized spacial score (nSPS) is 19.7. The zero-order valence-electron chi connectivity index (χ0n) is 10.2. The third-order valence-electron chi connectivity index (χ3n) is 2.93. The lowest BCUT2D eigenvalue weighted by Crippen LogP contribution is -2.08. The van der Waals surface area contributed by atoms with E-state index in [0.29, 0.717) is 12.1 Å². The van der Waals surface area contributed by atoms with Crippen molar-refractivity contribution in [2.24, 2.45) is 0 Å². The summed E-state index contributed by atoms with van der Waals surface area (Å²) < 4.78 is 5.63. The largest absolute Gasteiger partial charge is 0.377 e. The summed E-state index contributed by atoms with van der Waals surface area (Å²) in [6.45, 7) is 2.97. The highest BCUT2D eigenvalue weighted by Crippen LogP contribution is 2.32. The first-order chi connectivity index (χ1) is 8.72. The number of rotatable bonds is 3. The van der Waals surface area contributed by atoms with Crippen LogP contribution in [0.15, 0.2) is 11.1 Å². The van der Waals surface area contributed by atoms with Gasteiger partial charge in [0.15, 0.2) is 0 Å². The molecule has 4 nitrogen and oxygen atoms in total. The van der Waals surface area contributed by atoms with Gasteiger partial charge in [0.25, 0.3) is 0 Å². The van der Waals surface area contributed by atoms with Gasteiger partial charge in [-0.05, 0) is 25.8 Å². The highest BCUT2D eigenvalue weighted by Gasteiger charge is 2.17. The molecule has 1 fully saturated rings. The van der Waals surface area contributed by atoms with Crippen molar-refractivity contribution in [2.45, 2.75) is 30.9 Å². The molecule has 1 aliphatic heterocycles. The Bertz CT molecular complexity index is 564. The topological polar surface area (TPSA) is 61.0 Å². The van der Waals surface area contributed by atoms with Gasteiger partial charge >= 0.3 is 0 Å². The predicted molar refractivity (Wildman–Crippen MR) is 76.3 cm³/mol.